The Morgan fingerprint density at radius 2 is 2.15 bits per heavy atom. The molecule has 1 aromatic carbocycles. The average molecular weight is 353 g/mol. The number of benzene rings is 1. The van der Waals surface area contributed by atoms with Crippen molar-refractivity contribution in [3.63, 3.8) is 0 Å². The number of carbonyl (C=O) groups excluding carboxylic acids is 1. The van der Waals surface area contributed by atoms with Gasteiger partial charge in [-0.25, -0.2) is 0 Å². The lowest BCUT2D eigenvalue weighted by atomic mass is 9.90. The van der Waals surface area contributed by atoms with Gasteiger partial charge in [0.25, 0.3) is 0 Å². The SMILES string of the molecule is COc1ccccc1Cc1noc(C2CN(C(=O)C3CC=CCC3)C2)n1. The summed E-state index contributed by atoms with van der Waals surface area (Å²) in [4.78, 5) is 18.9. The minimum atomic E-state index is 0.143. The molecule has 6 heteroatoms. The molecule has 2 aromatic rings. The van der Waals surface area contributed by atoms with E-state index in [0.717, 1.165) is 30.6 Å². The van der Waals surface area contributed by atoms with E-state index in [1.807, 2.05) is 29.2 Å². The molecule has 1 unspecified atom stereocenters. The van der Waals surface area contributed by atoms with Crippen LogP contribution >= 0.6 is 0 Å². The highest BCUT2D eigenvalue weighted by atomic mass is 16.5. The third kappa shape index (κ3) is 3.36. The molecule has 2 aliphatic rings. The fraction of sp³-hybridized carbons (Fsp3) is 0.450. The molecule has 136 valence electrons. The molecular weight excluding hydrogens is 330 g/mol. The summed E-state index contributed by atoms with van der Waals surface area (Å²) in [7, 11) is 1.66. The summed E-state index contributed by atoms with van der Waals surface area (Å²) in [5, 5.41) is 4.10. The van der Waals surface area contributed by atoms with Gasteiger partial charge in [-0.2, -0.15) is 4.98 Å². The Kier molecular flexibility index (Phi) is 4.73. The third-order valence-electron chi connectivity index (χ3n) is 5.19. The number of para-hydroxylation sites is 1. The van der Waals surface area contributed by atoms with E-state index in [1.54, 1.807) is 7.11 Å². The summed E-state index contributed by atoms with van der Waals surface area (Å²) >= 11 is 0. The molecule has 0 bridgehead atoms. The van der Waals surface area contributed by atoms with Crippen molar-refractivity contribution in [1.82, 2.24) is 15.0 Å². The number of methoxy groups -OCH3 is 1. The molecule has 0 spiro atoms. The summed E-state index contributed by atoms with van der Waals surface area (Å²) in [5.74, 6) is 2.65. The number of hydrogen-bond acceptors (Lipinski definition) is 5. The van der Waals surface area contributed by atoms with Crippen molar-refractivity contribution in [3.8, 4) is 5.75 Å². The fourth-order valence-electron chi connectivity index (χ4n) is 3.62. The van der Waals surface area contributed by atoms with Crippen LogP contribution in [0.3, 0.4) is 0 Å². The minimum Gasteiger partial charge on any atom is -0.496 e. The first-order valence-electron chi connectivity index (χ1n) is 9.12. The second-order valence-corrected chi connectivity index (χ2v) is 6.96. The van der Waals surface area contributed by atoms with Crippen LogP contribution < -0.4 is 4.74 Å². The van der Waals surface area contributed by atoms with Gasteiger partial charge in [0.2, 0.25) is 11.8 Å². The number of rotatable bonds is 5. The highest BCUT2D eigenvalue weighted by Crippen LogP contribution is 2.30. The molecule has 26 heavy (non-hydrogen) atoms. The van der Waals surface area contributed by atoms with Crippen molar-refractivity contribution in [2.75, 3.05) is 20.2 Å². The van der Waals surface area contributed by atoms with Crippen LogP contribution in [0, 0.1) is 5.92 Å². The van der Waals surface area contributed by atoms with Crippen molar-refractivity contribution < 1.29 is 14.1 Å². The number of ether oxygens (including phenoxy) is 1. The van der Waals surface area contributed by atoms with Gasteiger partial charge in [0.15, 0.2) is 5.82 Å². The second-order valence-electron chi connectivity index (χ2n) is 6.96. The van der Waals surface area contributed by atoms with Crippen molar-refractivity contribution in [2.45, 2.75) is 31.6 Å². The third-order valence-corrected chi connectivity index (χ3v) is 5.19. The number of amides is 1. The molecule has 1 atom stereocenters. The molecule has 0 radical (unpaired) electrons. The van der Waals surface area contributed by atoms with Crippen LogP contribution in [0.4, 0.5) is 0 Å². The van der Waals surface area contributed by atoms with Crippen LogP contribution in [0.15, 0.2) is 40.9 Å². The standard InChI is InChI=1S/C20H23N3O3/c1-25-17-10-6-5-9-15(17)11-18-21-19(26-22-18)16-12-23(13-16)20(24)14-7-3-2-4-8-14/h2-3,5-6,9-10,14,16H,4,7-8,11-13H2,1H3. The number of carbonyl (C=O) groups is 1. The van der Waals surface area contributed by atoms with Crippen LogP contribution in [0.25, 0.3) is 0 Å². The summed E-state index contributed by atoms with van der Waals surface area (Å²) in [5.41, 5.74) is 1.03. The zero-order valence-electron chi connectivity index (χ0n) is 14.9. The number of nitrogens with zero attached hydrogens (tertiary/aromatic N) is 3. The first kappa shape index (κ1) is 16.8. The minimum absolute atomic E-state index is 0.143. The Labute approximate surface area is 152 Å². The van der Waals surface area contributed by atoms with Crippen LogP contribution in [0.1, 0.15) is 42.5 Å². The van der Waals surface area contributed by atoms with E-state index in [1.165, 1.54) is 0 Å². The normalized spacial score (nSPS) is 20.0. The van der Waals surface area contributed by atoms with Gasteiger partial charge in [-0.05, 0) is 25.3 Å². The maximum Gasteiger partial charge on any atom is 0.233 e. The van der Waals surface area contributed by atoms with Gasteiger partial charge in [0.1, 0.15) is 5.75 Å². The van der Waals surface area contributed by atoms with Crippen LogP contribution in [0.2, 0.25) is 0 Å². The molecule has 1 aromatic heterocycles. The Bertz CT molecular complexity index is 808. The highest BCUT2D eigenvalue weighted by Gasteiger charge is 2.38. The van der Waals surface area contributed by atoms with Gasteiger partial charge in [-0.15, -0.1) is 0 Å². The van der Waals surface area contributed by atoms with Crippen molar-refractivity contribution in [3.05, 3.63) is 53.7 Å². The predicted octanol–water partition coefficient (Wildman–Crippen LogP) is 2.95. The van der Waals surface area contributed by atoms with E-state index in [9.17, 15) is 4.79 Å². The Hall–Kier alpha value is -2.63. The molecule has 1 aliphatic carbocycles. The quantitative estimate of drug-likeness (QED) is 0.773. The number of allylic oxidation sites excluding steroid dienone is 2. The summed E-state index contributed by atoms with van der Waals surface area (Å²) in [6.07, 6.45) is 7.67. The molecule has 1 saturated heterocycles. The topological polar surface area (TPSA) is 68.5 Å². The predicted molar refractivity (Wildman–Crippen MR) is 95.9 cm³/mol. The molecule has 0 saturated carbocycles. The lowest BCUT2D eigenvalue weighted by molar-refractivity contribution is -0.140. The van der Waals surface area contributed by atoms with Gasteiger partial charge < -0.3 is 14.2 Å². The van der Waals surface area contributed by atoms with Crippen molar-refractivity contribution >= 4 is 5.91 Å². The maximum absolute atomic E-state index is 12.5. The Balaban J connectivity index is 1.35. The van der Waals surface area contributed by atoms with E-state index in [0.29, 0.717) is 31.2 Å². The Morgan fingerprint density at radius 3 is 2.92 bits per heavy atom. The van der Waals surface area contributed by atoms with Crippen LogP contribution in [0.5, 0.6) is 5.75 Å². The fourth-order valence-corrected chi connectivity index (χ4v) is 3.62. The van der Waals surface area contributed by atoms with Crippen LogP contribution in [-0.4, -0.2) is 41.1 Å². The Morgan fingerprint density at radius 1 is 1.31 bits per heavy atom. The molecular formula is C20H23N3O3. The van der Waals surface area contributed by atoms with Gasteiger partial charge in [-0.1, -0.05) is 35.5 Å². The lowest BCUT2D eigenvalue weighted by Crippen LogP contribution is -2.50. The van der Waals surface area contributed by atoms with Crippen molar-refractivity contribution in [2.24, 2.45) is 5.92 Å². The second kappa shape index (κ2) is 7.32. The first-order chi connectivity index (χ1) is 12.7. The van der Waals surface area contributed by atoms with Crippen molar-refractivity contribution in [1.29, 1.82) is 0 Å². The molecule has 1 amide bonds. The van der Waals surface area contributed by atoms with Gasteiger partial charge in [0, 0.05) is 31.0 Å². The molecule has 2 heterocycles. The number of aromatic nitrogens is 2. The van der Waals surface area contributed by atoms with Gasteiger partial charge in [-0.3, -0.25) is 4.79 Å². The molecule has 6 nitrogen and oxygen atoms in total. The van der Waals surface area contributed by atoms with E-state index in [2.05, 4.69) is 22.3 Å². The number of hydrogen-bond donors (Lipinski definition) is 0. The summed E-state index contributed by atoms with van der Waals surface area (Å²) in [6, 6.07) is 7.82. The maximum atomic E-state index is 12.5. The van der Waals surface area contributed by atoms with E-state index in [-0.39, 0.29) is 17.7 Å². The van der Waals surface area contributed by atoms with E-state index in [4.69, 9.17) is 9.26 Å². The largest absolute Gasteiger partial charge is 0.496 e. The smallest absolute Gasteiger partial charge is 0.233 e. The first-order valence-corrected chi connectivity index (χ1v) is 9.12. The molecule has 1 fully saturated rings. The van der Waals surface area contributed by atoms with Crippen LogP contribution in [-0.2, 0) is 11.2 Å². The number of likely N-dealkylation sites (tertiary alicyclic amines) is 1. The average Bonchev–Trinajstić information content (AvgIpc) is 3.09. The van der Waals surface area contributed by atoms with Gasteiger partial charge >= 0.3 is 0 Å². The monoisotopic (exact) mass is 353 g/mol. The zero-order chi connectivity index (χ0) is 17.9. The highest BCUT2D eigenvalue weighted by molar-refractivity contribution is 5.80. The zero-order valence-corrected chi connectivity index (χ0v) is 14.9. The summed E-state index contributed by atoms with van der Waals surface area (Å²) in [6.45, 7) is 1.35. The van der Waals surface area contributed by atoms with Gasteiger partial charge in [0.05, 0.1) is 13.0 Å². The van der Waals surface area contributed by atoms with E-state index < -0.39 is 0 Å². The summed E-state index contributed by atoms with van der Waals surface area (Å²) < 4.78 is 10.8. The molecule has 4 rings (SSSR count). The van der Waals surface area contributed by atoms with E-state index >= 15 is 0 Å². The molecule has 0 N–H and O–H groups in total. The molecule has 1 aliphatic heterocycles. The lowest BCUT2D eigenvalue weighted by Gasteiger charge is -2.39.